The van der Waals surface area contributed by atoms with Crippen molar-refractivity contribution in [3.8, 4) is 86.9 Å². The average Bonchev–Trinajstić information content (AvgIpc) is 0.852. The van der Waals surface area contributed by atoms with Gasteiger partial charge in [0, 0.05) is 92.9 Å². The second kappa shape index (κ2) is 50.3. The van der Waals surface area contributed by atoms with Gasteiger partial charge in [-0.2, -0.15) is 32.9 Å². The van der Waals surface area contributed by atoms with E-state index in [4.69, 9.17) is 97.7 Å². The molecule has 6 saturated heterocycles. The molecule has 13 heterocycles. The third-order valence-electron chi connectivity index (χ3n) is 18.2. The zero-order chi connectivity index (χ0) is 88.2. The van der Waals surface area contributed by atoms with E-state index < -0.39 is 23.9 Å². The number of nitrogens with one attached hydrogen (secondary N) is 3. The summed E-state index contributed by atoms with van der Waals surface area (Å²) < 4.78 is 68.1. The number of anilines is 5. The quantitative estimate of drug-likeness (QED) is 0.0206. The van der Waals surface area contributed by atoms with Crippen LogP contribution in [0.25, 0.3) is 33.8 Å². The fraction of sp³-hybridized carbons (Fsp3) is 0.321. The molecule has 10 aromatic rings. The van der Waals surface area contributed by atoms with Gasteiger partial charge in [-0.25, -0.2) is 59.0 Å². The van der Waals surface area contributed by atoms with Crippen LogP contribution in [0.15, 0.2) is 140 Å². The number of pyridine rings is 4. The van der Waals surface area contributed by atoms with Gasteiger partial charge in [0.05, 0.1) is 134 Å². The molecule has 40 heteroatoms. The summed E-state index contributed by atoms with van der Waals surface area (Å²) in [7, 11) is 8.78. The molecule has 0 radical (unpaired) electrons. The standard InChI is InChI=1S/C24H23N5O5.C23H21N5O5.C16H16N4O2.C8H8ClNO3.C7H5Cl2NO2.C5H9NO.CH3O.Na/c1-31-23-18(24(30)32-2)4-6-21(29-23)28-22-12-19(26-14-27-22)15-3-5-20(16(11-15)13-25)34-17-7-9-33-10-8-17;1-31-22-17(23(29)30)3-5-20(28-22)27-21-11-18(25-13-26-21)14-2-4-19(15(10-14)12-24)33-16-6-8-32-9-7-16;17-9-12-7-11(14-8-16(18)20-10-19-14)1-2-15(12)22-13-3-5-21-6-4-13;1-12-7-5(8(11)13-2)3-4-6(9)10-7;1-12-7(11)4-2-3-5(8)10-6(4)9;1-4-2-6-3-5(1)7-4;1-2;/h3-6,11-12,14,17H,7-10H2,1-2H3,(H,26,27,28,29);2-5,10-11,13,16H,6-9H2,1H3,(H,29,30)(H,25,26,27,28);1-2,7-8,10,13H,3-6H2,(H2,18,19,20);3-4H,1-2H3;2-3H,1H3;4-6H,1-3H2;1H3;/q;;;;;;-1;+1. The van der Waals surface area contributed by atoms with Gasteiger partial charge in [-0.15, -0.1) is 0 Å². The molecule has 2 unspecified atom stereocenters. The Hall–Kier alpha value is -12.3. The van der Waals surface area contributed by atoms with Gasteiger partial charge < -0.3 is 93.5 Å². The number of halogens is 3. The zero-order valence-corrected chi connectivity index (χ0v) is 72.9. The Morgan fingerprint density at radius 1 is 0.460 bits per heavy atom. The van der Waals surface area contributed by atoms with Crippen molar-refractivity contribution in [3.63, 3.8) is 0 Å². The monoisotopic (exact) mass is 1760 g/mol. The molecule has 0 amide bonds. The van der Waals surface area contributed by atoms with E-state index in [9.17, 15) is 40.1 Å². The maximum atomic E-state index is 11.8. The molecule has 16 rings (SSSR count). The van der Waals surface area contributed by atoms with Gasteiger partial charge in [0.15, 0.2) is 0 Å². The number of carboxylic acid groups (broad SMARTS) is 1. The summed E-state index contributed by atoms with van der Waals surface area (Å²) in [6.45, 7) is 6.19. The molecule has 6 N–H and O–H groups in total. The number of piperidine rings is 1. The average molecular weight is 1770 g/mol. The Labute approximate surface area is 750 Å². The van der Waals surface area contributed by atoms with Crippen LogP contribution in [0, 0.1) is 34.0 Å². The maximum Gasteiger partial charge on any atom is 1.00 e. The van der Waals surface area contributed by atoms with E-state index in [1.807, 2.05) is 24.3 Å². The van der Waals surface area contributed by atoms with E-state index in [0.717, 1.165) is 75.4 Å². The number of hydrogen-bond donors (Lipinski definition) is 5. The van der Waals surface area contributed by atoms with E-state index in [0.29, 0.717) is 132 Å². The Bertz CT molecular complexity index is 5370. The smallest absolute Gasteiger partial charge is 0.857 e. The van der Waals surface area contributed by atoms with Crippen molar-refractivity contribution in [2.45, 2.75) is 75.5 Å². The van der Waals surface area contributed by atoms with Gasteiger partial charge in [-0.1, -0.05) is 34.8 Å². The number of carbonyl (C=O) groups is 4. The third kappa shape index (κ3) is 28.6. The second-order valence-electron chi connectivity index (χ2n) is 26.1. The molecule has 2 bridgehead atoms. The van der Waals surface area contributed by atoms with Crippen LogP contribution in [0.5, 0.6) is 34.9 Å². The number of methoxy groups -OCH3 is 6. The minimum atomic E-state index is -1.13. The van der Waals surface area contributed by atoms with Crippen LogP contribution in [0.3, 0.4) is 0 Å². The number of hydrogen-bond acceptors (Lipinski definition) is 35. The largest absolute Gasteiger partial charge is 1.00 e. The molecule has 124 heavy (non-hydrogen) atoms. The molecule has 0 spiro atoms. The number of nitrogens with two attached hydrogens (primary N) is 1. The normalized spacial score (nSPS) is 14.7. The zero-order valence-electron chi connectivity index (χ0n) is 68.6. The molecule has 6 aliphatic heterocycles. The summed E-state index contributed by atoms with van der Waals surface area (Å²) in [6.07, 6.45) is 11.7. The van der Waals surface area contributed by atoms with E-state index in [-0.39, 0.29) is 103 Å². The number of fused-ring (bicyclic) bond motifs is 2. The first-order chi connectivity index (χ1) is 59.7. The van der Waals surface area contributed by atoms with E-state index in [2.05, 4.69) is 93.5 Å². The van der Waals surface area contributed by atoms with Gasteiger partial charge in [-0.05, 0) is 103 Å². The number of morpholine rings is 1. The number of benzene rings is 3. The van der Waals surface area contributed by atoms with Crippen molar-refractivity contribution >= 4 is 87.8 Å². The van der Waals surface area contributed by atoms with Gasteiger partial charge in [0.2, 0.25) is 17.6 Å². The third-order valence-corrected chi connectivity index (χ3v) is 18.9. The first-order valence-electron chi connectivity index (χ1n) is 37.7. The molecule has 6 aliphatic rings. The van der Waals surface area contributed by atoms with Crippen LogP contribution in [-0.4, -0.2) is 212 Å². The number of carbonyl (C=O) groups excluding carboxylic acids is 3. The summed E-state index contributed by atoms with van der Waals surface area (Å²) in [5.74, 6) is 1.37. The van der Waals surface area contributed by atoms with Gasteiger partial charge in [0.25, 0.3) is 0 Å². The van der Waals surface area contributed by atoms with Crippen molar-refractivity contribution in [2.75, 3.05) is 119 Å². The maximum absolute atomic E-state index is 11.8. The van der Waals surface area contributed by atoms with Crippen molar-refractivity contribution in [1.82, 2.24) is 55.2 Å². The molecular formula is C84H85Cl3N17NaO19. The summed E-state index contributed by atoms with van der Waals surface area (Å²) >= 11 is 16.7. The minimum Gasteiger partial charge on any atom is -0.857 e. The molecule has 3 aromatic carbocycles. The molecule has 0 saturated carbocycles. The first kappa shape index (κ1) is 97.1. The van der Waals surface area contributed by atoms with E-state index >= 15 is 0 Å². The van der Waals surface area contributed by atoms with Gasteiger partial charge in [0.1, 0.15) is 134 Å². The number of nitrogens with zero attached hydrogens (tertiary/aromatic N) is 13. The van der Waals surface area contributed by atoms with E-state index in [1.165, 1.54) is 104 Å². The van der Waals surface area contributed by atoms with Crippen LogP contribution >= 0.6 is 34.8 Å². The molecule has 2 atom stereocenters. The van der Waals surface area contributed by atoms with Gasteiger partial charge >= 0.3 is 53.4 Å². The Balaban J connectivity index is 0.000000195. The molecule has 7 aromatic heterocycles. The topological polar surface area (TPSA) is 494 Å². The summed E-state index contributed by atoms with van der Waals surface area (Å²) in [5.41, 5.74) is 11.8. The fourth-order valence-corrected chi connectivity index (χ4v) is 12.6. The van der Waals surface area contributed by atoms with Crippen molar-refractivity contribution < 1.29 is 121 Å². The van der Waals surface area contributed by atoms with Crippen molar-refractivity contribution in [3.05, 3.63) is 195 Å². The minimum absolute atomic E-state index is 0. The number of esters is 3. The number of aromatic nitrogens is 10. The van der Waals surface area contributed by atoms with Crippen LogP contribution in [0.2, 0.25) is 15.5 Å². The van der Waals surface area contributed by atoms with E-state index in [1.54, 1.807) is 60.7 Å². The number of nitrogen functional groups attached to an aromatic ring is 1. The van der Waals surface area contributed by atoms with Crippen LogP contribution in [0.4, 0.5) is 29.1 Å². The molecular weight excluding hydrogens is 1680 g/mol. The van der Waals surface area contributed by atoms with Crippen LogP contribution < -0.4 is 84.8 Å². The number of nitriles is 3. The Morgan fingerprint density at radius 3 is 1.15 bits per heavy atom. The predicted molar refractivity (Wildman–Crippen MR) is 446 cm³/mol. The number of aromatic carboxylic acids is 1. The van der Waals surface area contributed by atoms with Gasteiger partial charge in [-0.3, -0.25) is 0 Å². The second-order valence-corrected chi connectivity index (χ2v) is 27.3. The number of rotatable bonds is 20. The Kier molecular flexibility index (Phi) is 39.4. The Morgan fingerprint density at radius 2 is 0.806 bits per heavy atom. The first-order valence-corrected chi connectivity index (χ1v) is 38.9. The number of ether oxygens (including phenoxy) is 13. The SMILES string of the molecule is C1NCC2CC1O2.COC(=O)c1ccc(Cl)nc1Cl.COC(=O)c1ccc(Cl)nc1OC.COC(=O)c1ccc(Nc2cc(-c3ccc(OC4CCOCC4)c(C#N)c3)ncn2)nc1OC.COc1nc(Nc2cc(-c3ccc(OC4CCOCC4)c(C#N)c3)ncn2)ccc1C(=O)O.C[O-].N#Cc1cc(-c2cc(N)ncn2)ccc1OC1CCOCC1.[Na+]. The molecule has 36 nitrogen and oxygen atoms in total. The summed E-state index contributed by atoms with van der Waals surface area (Å²) in [6, 6.07) is 39.9. The predicted octanol–water partition coefficient (Wildman–Crippen LogP) is 8.51. The van der Waals surface area contributed by atoms with Crippen LogP contribution in [-0.2, 0) is 33.2 Å². The van der Waals surface area contributed by atoms with Crippen LogP contribution in [0.1, 0.15) is 103 Å². The van der Waals surface area contributed by atoms with Crippen molar-refractivity contribution in [1.29, 1.82) is 15.8 Å². The number of carboxylic acids is 1. The summed E-state index contributed by atoms with van der Waals surface area (Å²) in [4.78, 5) is 86.2. The summed E-state index contributed by atoms with van der Waals surface area (Å²) in [5, 5.41) is 56.0. The van der Waals surface area contributed by atoms with Crippen molar-refractivity contribution in [2.24, 2.45) is 0 Å². The molecule has 642 valence electrons. The molecule has 0 aliphatic carbocycles. The fourth-order valence-electron chi connectivity index (χ4n) is 12.0. The molecule has 6 fully saturated rings.